The number of hydrogen-bond donors (Lipinski definition) is 1. The number of carbonyl (C=O) groups is 1. The van der Waals surface area contributed by atoms with Crippen LogP contribution in [0.5, 0.6) is 0 Å². The maximum atomic E-state index is 12.6. The highest BCUT2D eigenvalue weighted by atomic mass is 35.5. The van der Waals surface area contributed by atoms with Crippen LogP contribution in [-0.2, 0) is 11.2 Å². The molecule has 1 heterocycles. The number of rotatable bonds is 6. The summed E-state index contributed by atoms with van der Waals surface area (Å²) in [5.41, 5.74) is 1.01. The molecule has 4 nitrogen and oxygen atoms in total. The molecule has 0 bridgehead atoms. The van der Waals surface area contributed by atoms with Crippen LogP contribution in [0.15, 0.2) is 53.3 Å². The molecule has 0 spiro atoms. The monoisotopic (exact) mass is 374 g/mol. The highest BCUT2D eigenvalue weighted by molar-refractivity contribution is 7.14. The molecule has 0 radical (unpaired) electrons. The lowest BCUT2D eigenvalue weighted by Crippen LogP contribution is -2.36. The van der Waals surface area contributed by atoms with Crippen molar-refractivity contribution in [2.24, 2.45) is 0 Å². The van der Waals surface area contributed by atoms with Crippen LogP contribution in [0, 0.1) is 0 Å². The van der Waals surface area contributed by atoms with E-state index in [1.165, 1.54) is 11.5 Å². The third-order valence-electron chi connectivity index (χ3n) is 4.11. The minimum atomic E-state index is -0.477. The number of nitrogens with zero attached hydrogens (tertiary/aromatic N) is 1. The second-order valence-corrected chi connectivity index (χ2v) is 7.26. The van der Waals surface area contributed by atoms with Gasteiger partial charge < -0.3 is 5.32 Å². The smallest absolute Gasteiger partial charge is 0.269 e. The van der Waals surface area contributed by atoms with Gasteiger partial charge in [-0.05, 0) is 42.7 Å². The Morgan fingerprint density at radius 1 is 1.20 bits per heavy atom. The van der Waals surface area contributed by atoms with Crippen molar-refractivity contribution in [3.8, 4) is 0 Å². The summed E-state index contributed by atoms with van der Waals surface area (Å²) in [4.78, 5) is 25.1. The van der Waals surface area contributed by atoms with Gasteiger partial charge in [0.1, 0.15) is 6.04 Å². The maximum absolute atomic E-state index is 12.6. The molecule has 1 aromatic heterocycles. The lowest BCUT2D eigenvalue weighted by atomic mass is 10.1. The van der Waals surface area contributed by atoms with Crippen LogP contribution in [0.4, 0.5) is 0 Å². The number of benzene rings is 2. The Labute approximate surface area is 155 Å². The second-order valence-electron chi connectivity index (χ2n) is 5.81. The fourth-order valence-electron chi connectivity index (χ4n) is 2.75. The Kier molecular flexibility index (Phi) is 5.56. The van der Waals surface area contributed by atoms with Gasteiger partial charge in [-0.1, -0.05) is 54.3 Å². The van der Waals surface area contributed by atoms with E-state index in [4.69, 9.17) is 11.6 Å². The molecule has 0 aliphatic heterocycles. The van der Waals surface area contributed by atoms with Gasteiger partial charge in [-0.2, -0.15) is 0 Å². The predicted octanol–water partition coefficient (Wildman–Crippen LogP) is 4.03. The van der Waals surface area contributed by atoms with Crippen LogP contribution in [0.25, 0.3) is 10.1 Å². The third-order valence-corrected chi connectivity index (χ3v) is 5.53. The number of carbonyl (C=O) groups excluding carboxylic acids is 1. The molecule has 0 saturated carbocycles. The number of hydrogen-bond acceptors (Lipinski definition) is 3. The first-order valence-electron chi connectivity index (χ1n) is 8.23. The molecular formula is C19H19ClN2O2S. The number of fused-ring (bicyclic) bond motifs is 1. The van der Waals surface area contributed by atoms with Crippen molar-refractivity contribution < 1.29 is 4.79 Å². The summed E-state index contributed by atoms with van der Waals surface area (Å²) in [5.74, 6) is -0.120. The van der Waals surface area contributed by atoms with E-state index in [1.807, 2.05) is 49.4 Å². The van der Waals surface area contributed by atoms with Crippen molar-refractivity contribution in [3.05, 3.63) is 69.5 Å². The highest BCUT2D eigenvalue weighted by Gasteiger charge is 2.22. The van der Waals surface area contributed by atoms with Crippen LogP contribution in [0.2, 0.25) is 5.02 Å². The second kappa shape index (κ2) is 7.85. The highest BCUT2D eigenvalue weighted by Crippen LogP contribution is 2.21. The molecule has 1 amide bonds. The third kappa shape index (κ3) is 3.94. The number of halogens is 1. The minimum Gasteiger partial charge on any atom is -0.354 e. The minimum absolute atomic E-state index is 0.0969. The summed E-state index contributed by atoms with van der Waals surface area (Å²) in [6, 6.07) is 14.5. The molecule has 1 atom stereocenters. The Morgan fingerprint density at radius 3 is 2.60 bits per heavy atom. The van der Waals surface area contributed by atoms with Crippen molar-refractivity contribution in [1.29, 1.82) is 0 Å². The quantitative estimate of drug-likeness (QED) is 0.708. The van der Waals surface area contributed by atoms with Crippen molar-refractivity contribution in [2.45, 2.75) is 25.8 Å². The summed E-state index contributed by atoms with van der Waals surface area (Å²) in [7, 11) is 0. The summed E-state index contributed by atoms with van der Waals surface area (Å²) in [6.07, 6.45) is 1.29. The van der Waals surface area contributed by atoms with Crippen molar-refractivity contribution in [2.75, 3.05) is 6.54 Å². The number of nitrogens with one attached hydrogen (secondary N) is 1. The van der Waals surface area contributed by atoms with Crippen LogP contribution < -0.4 is 10.9 Å². The van der Waals surface area contributed by atoms with Gasteiger partial charge in [-0.25, -0.2) is 0 Å². The van der Waals surface area contributed by atoms with Crippen molar-refractivity contribution in [3.63, 3.8) is 0 Å². The van der Waals surface area contributed by atoms with Crippen molar-refractivity contribution in [1.82, 2.24) is 9.27 Å². The first-order valence-corrected chi connectivity index (χ1v) is 9.38. The Bertz CT molecular complexity index is 930. The standard InChI is InChI=1S/C19H19ClN2O2S/c1-2-16(22-19(24)15-5-3-4-6-17(15)25-22)18(23)21-12-11-13-7-9-14(20)10-8-13/h3-10,16H,2,11-12H2,1H3,(H,21,23). The molecular weight excluding hydrogens is 356 g/mol. The number of amides is 1. The topological polar surface area (TPSA) is 51.1 Å². The zero-order valence-corrected chi connectivity index (χ0v) is 15.4. The summed E-state index contributed by atoms with van der Waals surface area (Å²) < 4.78 is 2.49. The van der Waals surface area contributed by atoms with Gasteiger partial charge >= 0.3 is 0 Å². The first kappa shape index (κ1) is 17.7. The largest absolute Gasteiger partial charge is 0.354 e. The molecule has 3 aromatic rings. The summed E-state index contributed by atoms with van der Waals surface area (Å²) >= 11 is 7.22. The molecule has 0 saturated heterocycles. The summed E-state index contributed by atoms with van der Waals surface area (Å²) in [5, 5.41) is 4.31. The number of aromatic nitrogens is 1. The van der Waals surface area contributed by atoms with E-state index in [-0.39, 0.29) is 11.5 Å². The fourth-order valence-corrected chi connectivity index (χ4v) is 4.04. The molecule has 25 heavy (non-hydrogen) atoms. The van der Waals surface area contributed by atoms with Gasteiger partial charge in [-0.3, -0.25) is 13.5 Å². The molecule has 0 aliphatic carbocycles. The zero-order chi connectivity index (χ0) is 17.8. The van der Waals surface area contributed by atoms with Crippen LogP contribution in [0.1, 0.15) is 24.9 Å². The van der Waals surface area contributed by atoms with Gasteiger partial charge in [0.05, 0.1) is 10.1 Å². The SMILES string of the molecule is CCC(C(=O)NCCc1ccc(Cl)cc1)n1sc2ccccc2c1=O. The molecule has 3 rings (SSSR count). The van der Waals surface area contributed by atoms with Crippen molar-refractivity contribution >= 4 is 39.1 Å². The Morgan fingerprint density at radius 2 is 1.92 bits per heavy atom. The lowest BCUT2D eigenvalue weighted by molar-refractivity contribution is -0.124. The van der Waals surface area contributed by atoms with Crippen LogP contribution in [0.3, 0.4) is 0 Å². The first-order chi connectivity index (χ1) is 12.1. The molecule has 0 aliphatic rings. The van der Waals surface area contributed by atoms with E-state index in [0.29, 0.717) is 23.4 Å². The Balaban J connectivity index is 1.69. The Hall–Kier alpha value is -2.11. The molecule has 2 aromatic carbocycles. The average Bonchev–Trinajstić information content (AvgIpc) is 2.94. The van der Waals surface area contributed by atoms with E-state index < -0.39 is 6.04 Å². The van der Waals surface area contributed by atoms with E-state index in [1.54, 1.807) is 10.0 Å². The van der Waals surface area contributed by atoms with Gasteiger partial charge in [0.15, 0.2) is 0 Å². The predicted molar refractivity (Wildman–Crippen MR) is 104 cm³/mol. The van der Waals surface area contributed by atoms with Crippen LogP contribution in [-0.4, -0.2) is 16.4 Å². The van der Waals surface area contributed by atoms with E-state index in [0.717, 1.165) is 16.7 Å². The van der Waals surface area contributed by atoms with E-state index >= 15 is 0 Å². The molecule has 6 heteroatoms. The molecule has 130 valence electrons. The molecule has 1 N–H and O–H groups in total. The van der Waals surface area contributed by atoms with E-state index in [2.05, 4.69) is 5.32 Å². The van der Waals surface area contributed by atoms with E-state index in [9.17, 15) is 9.59 Å². The zero-order valence-electron chi connectivity index (χ0n) is 13.9. The average molecular weight is 375 g/mol. The van der Waals surface area contributed by atoms with Crippen LogP contribution >= 0.6 is 23.1 Å². The lowest BCUT2D eigenvalue weighted by Gasteiger charge is -2.15. The van der Waals surface area contributed by atoms with Gasteiger partial charge in [0.2, 0.25) is 5.91 Å². The molecule has 1 unspecified atom stereocenters. The van der Waals surface area contributed by atoms with Gasteiger partial charge in [0.25, 0.3) is 5.56 Å². The normalized spacial score (nSPS) is 12.2. The summed E-state index contributed by atoms with van der Waals surface area (Å²) in [6.45, 7) is 2.44. The fraction of sp³-hybridized carbons (Fsp3) is 0.263. The molecule has 0 fully saturated rings. The maximum Gasteiger partial charge on any atom is 0.269 e. The van der Waals surface area contributed by atoms with Gasteiger partial charge in [-0.15, -0.1) is 0 Å². The van der Waals surface area contributed by atoms with Gasteiger partial charge in [0, 0.05) is 11.6 Å².